The van der Waals surface area contributed by atoms with Crippen LogP contribution in [0.2, 0.25) is 0 Å². The number of anilines is 2. The second-order valence-corrected chi connectivity index (χ2v) is 6.70. The van der Waals surface area contributed by atoms with E-state index in [1.165, 1.54) is 5.56 Å². The number of carbonyl (C=O) groups excluding carboxylic acids is 1. The molecule has 1 heterocycles. The molecule has 0 spiro atoms. The van der Waals surface area contributed by atoms with E-state index in [9.17, 15) is 4.79 Å². The van der Waals surface area contributed by atoms with Crippen LogP contribution in [-0.4, -0.2) is 12.5 Å². The molecule has 1 aromatic carbocycles. The van der Waals surface area contributed by atoms with E-state index in [0.717, 1.165) is 11.4 Å². The van der Waals surface area contributed by atoms with Crippen LogP contribution in [0.3, 0.4) is 0 Å². The van der Waals surface area contributed by atoms with Crippen molar-refractivity contribution in [1.29, 1.82) is 0 Å². The topological polar surface area (TPSA) is 41.1 Å². The summed E-state index contributed by atoms with van der Waals surface area (Å²) in [6.07, 6.45) is 0. The SMILES string of the molecule is CC1(C)CNc2cc(C(C)(C)C)ccc2NC1=O. The molecule has 0 radical (unpaired) electrons. The van der Waals surface area contributed by atoms with Crippen LogP contribution in [0.1, 0.15) is 40.2 Å². The highest BCUT2D eigenvalue weighted by Crippen LogP contribution is 2.33. The summed E-state index contributed by atoms with van der Waals surface area (Å²) in [5, 5.41) is 6.36. The first-order chi connectivity index (χ1) is 8.20. The number of fused-ring (bicyclic) bond motifs is 1. The Kier molecular flexibility index (Phi) is 2.88. The molecule has 1 amide bonds. The van der Waals surface area contributed by atoms with Gasteiger partial charge in [-0.2, -0.15) is 0 Å². The Labute approximate surface area is 109 Å². The van der Waals surface area contributed by atoms with Gasteiger partial charge in [-0.1, -0.05) is 26.8 Å². The van der Waals surface area contributed by atoms with Gasteiger partial charge in [0, 0.05) is 6.54 Å². The highest BCUT2D eigenvalue weighted by molar-refractivity contribution is 5.99. The number of hydrogen-bond acceptors (Lipinski definition) is 2. The summed E-state index contributed by atoms with van der Waals surface area (Å²) in [6, 6.07) is 6.21. The fraction of sp³-hybridized carbons (Fsp3) is 0.533. The van der Waals surface area contributed by atoms with E-state index >= 15 is 0 Å². The Balaban J connectivity index is 2.40. The number of rotatable bonds is 0. The second-order valence-electron chi connectivity index (χ2n) is 6.70. The molecule has 0 atom stereocenters. The van der Waals surface area contributed by atoms with Crippen LogP contribution in [-0.2, 0) is 10.2 Å². The number of carbonyl (C=O) groups is 1. The minimum atomic E-state index is -0.388. The summed E-state index contributed by atoms with van der Waals surface area (Å²) in [4.78, 5) is 12.0. The summed E-state index contributed by atoms with van der Waals surface area (Å²) in [7, 11) is 0. The Bertz CT molecular complexity index is 484. The normalized spacial score (nSPS) is 18.4. The van der Waals surface area contributed by atoms with E-state index < -0.39 is 0 Å². The summed E-state index contributed by atoms with van der Waals surface area (Å²) in [5.41, 5.74) is 2.88. The Morgan fingerprint density at radius 1 is 1.17 bits per heavy atom. The van der Waals surface area contributed by atoms with Gasteiger partial charge in [0.25, 0.3) is 0 Å². The van der Waals surface area contributed by atoms with Gasteiger partial charge in [-0.3, -0.25) is 4.79 Å². The van der Waals surface area contributed by atoms with E-state index in [1.807, 2.05) is 19.9 Å². The second kappa shape index (κ2) is 4.01. The molecule has 0 unspecified atom stereocenters. The molecule has 2 N–H and O–H groups in total. The number of amides is 1. The van der Waals surface area contributed by atoms with Crippen LogP contribution in [0.15, 0.2) is 18.2 Å². The van der Waals surface area contributed by atoms with Crippen LogP contribution in [0.4, 0.5) is 11.4 Å². The Morgan fingerprint density at radius 3 is 2.44 bits per heavy atom. The number of benzene rings is 1. The lowest BCUT2D eigenvalue weighted by Crippen LogP contribution is -2.34. The maximum atomic E-state index is 12.0. The number of hydrogen-bond donors (Lipinski definition) is 2. The average molecular weight is 246 g/mol. The van der Waals surface area contributed by atoms with Crippen molar-refractivity contribution in [3.63, 3.8) is 0 Å². The van der Waals surface area contributed by atoms with Crippen LogP contribution in [0.25, 0.3) is 0 Å². The van der Waals surface area contributed by atoms with Gasteiger partial charge in [-0.25, -0.2) is 0 Å². The van der Waals surface area contributed by atoms with Crippen LogP contribution >= 0.6 is 0 Å². The molecule has 0 saturated carbocycles. The van der Waals surface area contributed by atoms with Crippen molar-refractivity contribution in [3.8, 4) is 0 Å². The zero-order chi connectivity index (χ0) is 13.6. The molecule has 98 valence electrons. The molecular weight excluding hydrogens is 224 g/mol. The third-order valence-electron chi connectivity index (χ3n) is 3.47. The summed E-state index contributed by atoms with van der Waals surface area (Å²) < 4.78 is 0. The highest BCUT2D eigenvalue weighted by atomic mass is 16.2. The van der Waals surface area contributed by atoms with Crippen molar-refractivity contribution in [2.75, 3.05) is 17.2 Å². The minimum absolute atomic E-state index is 0.0669. The van der Waals surface area contributed by atoms with Crippen molar-refractivity contribution in [1.82, 2.24) is 0 Å². The molecule has 18 heavy (non-hydrogen) atoms. The molecule has 1 aliphatic heterocycles. The predicted octanol–water partition coefficient (Wildman–Crippen LogP) is 3.37. The fourth-order valence-electron chi connectivity index (χ4n) is 1.95. The molecule has 3 nitrogen and oxygen atoms in total. The molecule has 1 aromatic rings. The van der Waals surface area contributed by atoms with Gasteiger partial charge in [-0.15, -0.1) is 0 Å². The zero-order valence-corrected chi connectivity index (χ0v) is 11.8. The first-order valence-electron chi connectivity index (χ1n) is 6.40. The minimum Gasteiger partial charge on any atom is -0.382 e. The van der Waals surface area contributed by atoms with E-state index in [4.69, 9.17) is 0 Å². The van der Waals surface area contributed by atoms with Gasteiger partial charge in [0.15, 0.2) is 0 Å². The van der Waals surface area contributed by atoms with Gasteiger partial charge >= 0.3 is 0 Å². The van der Waals surface area contributed by atoms with Gasteiger partial charge < -0.3 is 10.6 Å². The van der Waals surface area contributed by atoms with Crippen molar-refractivity contribution in [2.45, 2.75) is 40.0 Å². The molecule has 1 aliphatic rings. The Hall–Kier alpha value is -1.51. The molecular formula is C15H22N2O. The van der Waals surface area contributed by atoms with E-state index in [1.54, 1.807) is 0 Å². The third-order valence-corrected chi connectivity index (χ3v) is 3.47. The largest absolute Gasteiger partial charge is 0.382 e. The smallest absolute Gasteiger partial charge is 0.231 e. The van der Waals surface area contributed by atoms with Gasteiger partial charge in [0.2, 0.25) is 5.91 Å². The van der Waals surface area contributed by atoms with E-state index in [2.05, 4.69) is 43.5 Å². The number of nitrogens with one attached hydrogen (secondary N) is 2. The predicted molar refractivity (Wildman–Crippen MR) is 76.0 cm³/mol. The van der Waals surface area contributed by atoms with Gasteiger partial charge in [0.1, 0.15) is 0 Å². The zero-order valence-electron chi connectivity index (χ0n) is 11.8. The van der Waals surface area contributed by atoms with Gasteiger partial charge in [0.05, 0.1) is 16.8 Å². The Morgan fingerprint density at radius 2 is 1.83 bits per heavy atom. The quantitative estimate of drug-likeness (QED) is 0.737. The molecule has 3 heteroatoms. The molecule has 0 fully saturated rings. The first-order valence-corrected chi connectivity index (χ1v) is 6.40. The van der Waals surface area contributed by atoms with Crippen molar-refractivity contribution < 1.29 is 4.79 Å². The highest BCUT2D eigenvalue weighted by Gasteiger charge is 2.31. The van der Waals surface area contributed by atoms with Crippen molar-refractivity contribution >= 4 is 17.3 Å². The van der Waals surface area contributed by atoms with Gasteiger partial charge in [-0.05, 0) is 37.0 Å². The maximum absolute atomic E-state index is 12.0. The van der Waals surface area contributed by atoms with Crippen LogP contribution in [0, 0.1) is 5.41 Å². The lowest BCUT2D eigenvalue weighted by Gasteiger charge is -2.21. The first kappa shape index (κ1) is 12.9. The van der Waals surface area contributed by atoms with Crippen molar-refractivity contribution in [3.05, 3.63) is 23.8 Å². The third kappa shape index (κ3) is 2.35. The summed E-state index contributed by atoms with van der Waals surface area (Å²) in [5.74, 6) is 0.0669. The standard InChI is InChI=1S/C15H22N2O/c1-14(2,3)10-6-7-11-12(8-10)16-9-15(4,5)13(18)17-11/h6-8,16H,9H2,1-5H3,(H,17,18). The van der Waals surface area contributed by atoms with E-state index in [-0.39, 0.29) is 16.7 Å². The molecule has 0 saturated heterocycles. The summed E-state index contributed by atoms with van der Waals surface area (Å²) in [6.45, 7) is 11.1. The fourth-order valence-corrected chi connectivity index (χ4v) is 1.95. The molecule has 0 bridgehead atoms. The van der Waals surface area contributed by atoms with Crippen LogP contribution < -0.4 is 10.6 Å². The maximum Gasteiger partial charge on any atom is 0.231 e. The molecule has 2 rings (SSSR count). The molecule has 0 aliphatic carbocycles. The average Bonchev–Trinajstić information content (AvgIpc) is 2.35. The van der Waals surface area contributed by atoms with Crippen LogP contribution in [0.5, 0.6) is 0 Å². The monoisotopic (exact) mass is 246 g/mol. The summed E-state index contributed by atoms with van der Waals surface area (Å²) >= 11 is 0. The lowest BCUT2D eigenvalue weighted by atomic mass is 9.86. The molecule has 0 aromatic heterocycles. The lowest BCUT2D eigenvalue weighted by molar-refractivity contribution is -0.123. The van der Waals surface area contributed by atoms with E-state index in [0.29, 0.717) is 6.54 Å². The van der Waals surface area contributed by atoms with Crippen molar-refractivity contribution in [2.24, 2.45) is 5.41 Å².